The summed E-state index contributed by atoms with van der Waals surface area (Å²) in [5.74, 6) is 0. The molecular weight excluding hydrogens is 262 g/mol. The van der Waals surface area contributed by atoms with Crippen LogP contribution in [0.15, 0.2) is 47.4 Å². The van der Waals surface area contributed by atoms with Gasteiger partial charge < -0.3 is 5.11 Å². The van der Waals surface area contributed by atoms with Crippen molar-refractivity contribution in [2.24, 2.45) is 0 Å². The lowest BCUT2D eigenvalue weighted by atomic mass is 10.1. The lowest BCUT2D eigenvalue weighted by molar-refractivity contribution is 0.194. The van der Waals surface area contributed by atoms with Gasteiger partial charge in [-0.3, -0.25) is 4.98 Å². The number of rotatable bonds is 3. The van der Waals surface area contributed by atoms with Gasteiger partial charge in [-0.05, 0) is 31.2 Å². The topological polar surface area (TPSA) is 67.3 Å². The van der Waals surface area contributed by atoms with Gasteiger partial charge in [-0.15, -0.1) is 0 Å². The average Bonchev–Trinajstić information content (AvgIpc) is 2.38. The van der Waals surface area contributed by atoms with Gasteiger partial charge >= 0.3 is 0 Å². The molecule has 0 fully saturated rings. The Hall–Kier alpha value is -1.72. The highest BCUT2D eigenvalue weighted by molar-refractivity contribution is 7.90. The maximum absolute atomic E-state index is 11.4. The molecule has 1 heterocycles. The van der Waals surface area contributed by atoms with Crippen molar-refractivity contribution in [3.8, 4) is 11.3 Å². The summed E-state index contributed by atoms with van der Waals surface area (Å²) in [6.07, 6.45) is 0.546. The van der Waals surface area contributed by atoms with E-state index >= 15 is 0 Å². The highest BCUT2D eigenvalue weighted by atomic mass is 32.2. The summed E-state index contributed by atoms with van der Waals surface area (Å²) in [6.45, 7) is 1.65. The van der Waals surface area contributed by atoms with Crippen molar-refractivity contribution in [2.45, 2.75) is 17.9 Å². The molecule has 0 bridgehead atoms. The third kappa shape index (κ3) is 3.19. The minimum atomic E-state index is -3.18. The lowest BCUT2D eigenvalue weighted by Crippen LogP contribution is -1.98. The molecule has 0 aliphatic carbocycles. The van der Waals surface area contributed by atoms with Crippen LogP contribution in [-0.2, 0) is 9.84 Å². The summed E-state index contributed by atoms with van der Waals surface area (Å²) in [7, 11) is -3.18. The largest absolute Gasteiger partial charge is 0.387 e. The number of nitrogens with zero attached hydrogens (tertiary/aromatic N) is 1. The quantitative estimate of drug-likeness (QED) is 0.934. The van der Waals surface area contributed by atoms with E-state index in [0.29, 0.717) is 11.4 Å². The number of aromatic nitrogens is 1. The monoisotopic (exact) mass is 277 g/mol. The Kier molecular flexibility index (Phi) is 3.68. The SMILES string of the molecule is C[C@H](O)c1cccc(-c2ccc(S(C)(=O)=O)cc2)n1. The predicted octanol–water partition coefficient (Wildman–Crippen LogP) is 2.21. The molecule has 1 atom stereocenters. The van der Waals surface area contributed by atoms with E-state index in [4.69, 9.17) is 0 Å². The van der Waals surface area contributed by atoms with Crippen LogP contribution in [0.5, 0.6) is 0 Å². The number of hydrogen-bond donors (Lipinski definition) is 1. The predicted molar refractivity (Wildman–Crippen MR) is 73.4 cm³/mol. The van der Waals surface area contributed by atoms with Crippen LogP contribution in [0.2, 0.25) is 0 Å². The van der Waals surface area contributed by atoms with Crippen LogP contribution < -0.4 is 0 Å². The summed E-state index contributed by atoms with van der Waals surface area (Å²) in [5, 5.41) is 9.50. The highest BCUT2D eigenvalue weighted by Crippen LogP contribution is 2.21. The van der Waals surface area contributed by atoms with Crippen LogP contribution in [0.25, 0.3) is 11.3 Å². The van der Waals surface area contributed by atoms with E-state index in [-0.39, 0.29) is 4.90 Å². The Morgan fingerprint density at radius 2 is 1.74 bits per heavy atom. The number of sulfone groups is 1. The van der Waals surface area contributed by atoms with Crippen molar-refractivity contribution in [1.82, 2.24) is 4.98 Å². The zero-order valence-corrected chi connectivity index (χ0v) is 11.6. The highest BCUT2D eigenvalue weighted by Gasteiger charge is 2.08. The van der Waals surface area contributed by atoms with Gasteiger partial charge in [0.1, 0.15) is 0 Å². The second-order valence-electron chi connectivity index (χ2n) is 4.42. The second kappa shape index (κ2) is 5.11. The molecule has 0 spiro atoms. The summed E-state index contributed by atoms with van der Waals surface area (Å²) >= 11 is 0. The number of benzene rings is 1. The first-order chi connectivity index (χ1) is 8.88. The number of aliphatic hydroxyl groups is 1. The molecule has 2 rings (SSSR count). The Morgan fingerprint density at radius 1 is 1.11 bits per heavy atom. The average molecular weight is 277 g/mol. The maximum atomic E-state index is 11.4. The standard InChI is InChI=1S/C14H15NO3S/c1-10(16)13-4-3-5-14(15-13)11-6-8-12(9-7-11)19(2,17)18/h3-10,16H,1-2H3/t10-/m0/s1. The Balaban J connectivity index is 2.40. The van der Waals surface area contributed by atoms with E-state index in [1.165, 1.54) is 6.26 Å². The summed E-state index contributed by atoms with van der Waals surface area (Å²) in [4.78, 5) is 4.62. The van der Waals surface area contributed by atoms with E-state index in [2.05, 4.69) is 4.98 Å². The molecule has 0 unspecified atom stereocenters. The fourth-order valence-corrected chi connectivity index (χ4v) is 2.35. The van der Waals surface area contributed by atoms with Gasteiger partial charge in [-0.2, -0.15) is 0 Å². The number of aliphatic hydroxyl groups excluding tert-OH is 1. The van der Waals surface area contributed by atoms with E-state index < -0.39 is 15.9 Å². The minimum Gasteiger partial charge on any atom is -0.387 e. The van der Waals surface area contributed by atoms with Crippen molar-refractivity contribution in [3.05, 3.63) is 48.2 Å². The third-order valence-corrected chi connectivity index (χ3v) is 3.91. The molecule has 0 radical (unpaired) electrons. The van der Waals surface area contributed by atoms with E-state index in [1.807, 2.05) is 12.1 Å². The summed E-state index contributed by atoms with van der Waals surface area (Å²) in [6, 6.07) is 11.9. The van der Waals surface area contributed by atoms with Crippen molar-refractivity contribution in [2.75, 3.05) is 6.26 Å². The van der Waals surface area contributed by atoms with Crippen LogP contribution in [0.3, 0.4) is 0 Å². The van der Waals surface area contributed by atoms with Crippen molar-refractivity contribution >= 4 is 9.84 Å². The molecule has 2 aromatic rings. The molecule has 1 aromatic heterocycles. The van der Waals surface area contributed by atoms with Crippen molar-refractivity contribution < 1.29 is 13.5 Å². The molecule has 5 heteroatoms. The first-order valence-electron chi connectivity index (χ1n) is 5.83. The van der Waals surface area contributed by atoms with E-state index in [1.54, 1.807) is 37.3 Å². The minimum absolute atomic E-state index is 0.280. The smallest absolute Gasteiger partial charge is 0.175 e. The van der Waals surface area contributed by atoms with Crippen LogP contribution >= 0.6 is 0 Å². The molecule has 0 saturated heterocycles. The molecule has 1 aromatic carbocycles. The normalized spacial score (nSPS) is 13.2. The van der Waals surface area contributed by atoms with Gasteiger partial charge in [0.2, 0.25) is 0 Å². The summed E-state index contributed by atoms with van der Waals surface area (Å²) in [5.41, 5.74) is 2.11. The van der Waals surface area contributed by atoms with Gasteiger partial charge in [0, 0.05) is 11.8 Å². The van der Waals surface area contributed by atoms with Gasteiger partial charge in [0.25, 0.3) is 0 Å². The molecule has 1 N–H and O–H groups in total. The second-order valence-corrected chi connectivity index (χ2v) is 6.44. The number of hydrogen-bond acceptors (Lipinski definition) is 4. The molecule has 19 heavy (non-hydrogen) atoms. The summed E-state index contributed by atoms with van der Waals surface area (Å²) < 4.78 is 22.8. The Labute approximate surface area is 112 Å². The zero-order valence-electron chi connectivity index (χ0n) is 10.7. The van der Waals surface area contributed by atoms with Crippen LogP contribution in [0, 0.1) is 0 Å². The van der Waals surface area contributed by atoms with Crippen LogP contribution in [0.1, 0.15) is 18.7 Å². The molecule has 4 nitrogen and oxygen atoms in total. The van der Waals surface area contributed by atoms with Gasteiger partial charge in [0.15, 0.2) is 9.84 Å². The van der Waals surface area contributed by atoms with Crippen LogP contribution in [0.4, 0.5) is 0 Å². The first kappa shape index (κ1) is 13.7. The number of pyridine rings is 1. The maximum Gasteiger partial charge on any atom is 0.175 e. The molecule has 0 aliphatic rings. The van der Waals surface area contributed by atoms with Gasteiger partial charge in [0.05, 0.1) is 22.4 Å². The van der Waals surface area contributed by atoms with E-state index in [9.17, 15) is 13.5 Å². The third-order valence-electron chi connectivity index (χ3n) is 2.78. The lowest BCUT2D eigenvalue weighted by Gasteiger charge is -2.07. The van der Waals surface area contributed by atoms with Crippen molar-refractivity contribution in [3.63, 3.8) is 0 Å². The molecule has 100 valence electrons. The Morgan fingerprint density at radius 3 is 2.26 bits per heavy atom. The van der Waals surface area contributed by atoms with Crippen molar-refractivity contribution in [1.29, 1.82) is 0 Å². The fraction of sp³-hybridized carbons (Fsp3) is 0.214. The zero-order chi connectivity index (χ0) is 14.0. The van der Waals surface area contributed by atoms with Gasteiger partial charge in [-0.25, -0.2) is 8.42 Å². The Bertz CT molecular complexity index is 676. The molecule has 0 saturated carbocycles. The van der Waals surface area contributed by atoms with Crippen LogP contribution in [-0.4, -0.2) is 24.8 Å². The molecule has 0 amide bonds. The van der Waals surface area contributed by atoms with E-state index in [0.717, 1.165) is 5.56 Å². The molecule has 0 aliphatic heterocycles. The molecular formula is C14H15NO3S. The first-order valence-corrected chi connectivity index (χ1v) is 7.72. The van der Waals surface area contributed by atoms with Gasteiger partial charge in [-0.1, -0.05) is 18.2 Å². The fourth-order valence-electron chi connectivity index (χ4n) is 1.72.